The van der Waals surface area contributed by atoms with Crippen LogP contribution in [0.3, 0.4) is 0 Å². The molecule has 0 spiro atoms. The van der Waals surface area contributed by atoms with Crippen molar-refractivity contribution in [3.05, 3.63) is 34.5 Å². The highest BCUT2D eigenvalue weighted by Crippen LogP contribution is 2.23. The number of aryl methyl sites for hydroxylation is 1. The zero-order valence-corrected chi connectivity index (χ0v) is 15.1. The molecule has 0 aromatic carbocycles. The molecular formula is C16H18N4O2S2. The van der Waals surface area contributed by atoms with Crippen molar-refractivity contribution in [2.75, 3.05) is 5.32 Å². The lowest BCUT2D eigenvalue weighted by atomic mass is 10.2. The van der Waals surface area contributed by atoms with Crippen molar-refractivity contribution in [2.24, 2.45) is 0 Å². The van der Waals surface area contributed by atoms with Gasteiger partial charge in [0.2, 0.25) is 17.6 Å². The number of amides is 1. The third-order valence-corrected chi connectivity index (χ3v) is 5.01. The molecule has 0 fully saturated rings. The van der Waals surface area contributed by atoms with E-state index in [2.05, 4.69) is 34.3 Å². The number of aromatic nitrogens is 3. The molecule has 3 aromatic rings. The molecule has 6 nitrogen and oxygen atoms in total. The van der Waals surface area contributed by atoms with E-state index >= 15 is 0 Å². The SMILES string of the molecule is CC(C)c1csc(NC(=O)CCCc2nc(-c3cccs3)no2)n1. The fourth-order valence-corrected chi connectivity index (χ4v) is 3.59. The Morgan fingerprint density at radius 2 is 2.21 bits per heavy atom. The van der Waals surface area contributed by atoms with Crippen LogP contribution in [0.2, 0.25) is 0 Å². The maximum Gasteiger partial charge on any atom is 0.226 e. The topological polar surface area (TPSA) is 80.9 Å². The maximum atomic E-state index is 12.0. The summed E-state index contributed by atoms with van der Waals surface area (Å²) in [5.41, 5.74) is 1.00. The van der Waals surface area contributed by atoms with Crippen LogP contribution in [0.1, 0.15) is 44.2 Å². The summed E-state index contributed by atoms with van der Waals surface area (Å²) in [4.78, 5) is 21.7. The summed E-state index contributed by atoms with van der Waals surface area (Å²) in [5.74, 6) is 1.48. The van der Waals surface area contributed by atoms with Gasteiger partial charge in [-0.25, -0.2) is 4.98 Å². The molecular weight excluding hydrogens is 344 g/mol. The number of nitrogens with one attached hydrogen (secondary N) is 1. The molecule has 0 saturated heterocycles. The second-order valence-electron chi connectivity index (χ2n) is 5.62. The van der Waals surface area contributed by atoms with E-state index in [1.807, 2.05) is 22.9 Å². The molecule has 1 N–H and O–H groups in total. The van der Waals surface area contributed by atoms with E-state index in [0.29, 0.717) is 42.0 Å². The van der Waals surface area contributed by atoms with Crippen LogP contribution in [0.4, 0.5) is 5.13 Å². The minimum Gasteiger partial charge on any atom is -0.339 e. The normalized spacial score (nSPS) is 11.1. The number of hydrogen-bond acceptors (Lipinski definition) is 7. The summed E-state index contributed by atoms with van der Waals surface area (Å²) in [6.07, 6.45) is 1.63. The third kappa shape index (κ3) is 4.27. The highest BCUT2D eigenvalue weighted by atomic mass is 32.1. The van der Waals surface area contributed by atoms with Crippen molar-refractivity contribution < 1.29 is 9.32 Å². The molecule has 3 heterocycles. The molecule has 3 aromatic heterocycles. The monoisotopic (exact) mass is 362 g/mol. The Balaban J connectivity index is 1.45. The molecule has 0 bridgehead atoms. The number of carbonyl (C=O) groups is 1. The van der Waals surface area contributed by atoms with Crippen LogP contribution in [0, 0.1) is 0 Å². The van der Waals surface area contributed by atoms with Crippen LogP contribution >= 0.6 is 22.7 Å². The fraction of sp³-hybridized carbons (Fsp3) is 0.375. The summed E-state index contributed by atoms with van der Waals surface area (Å²) in [6, 6.07) is 3.90. The van der Waals surface area contributed by atoms with Crippen LogP contribution in [-0.4, -0.2) is 21.0 Å². The van der Waals surface area contributed by atoms with Gasteiger partial charge in [0.1, 0.15) is 0 Å². The van der Waals surface area contributed by atoms with Gasteiger partial charge in [0.25, 0.3) is 0 Å². The van der Waals surface area contributed by atoms with Crippen LogP contribution in [0.15, 0.2) is 27.4 Å². The number of thiazole rings is 1. The number of hydrogen-bond donors (Lipinski definition) is 1. The molecule has 0 aliphatic carbocycles. The first-order valence-corrected chi connectivity index (χ1v) is 9.49. The molecule has 0 saturated carbocycles. The Kier molecular flexibility index (Phi) is 5.37. The van der Waals surface area contributed by atoms with Gasteiger partial charge in [-0.3, -0.25) is 4.79 Å². The van der Waals surface area contributed by atoms with Crippen LogP contribution in [-0.2, 0) is 11.2 Å². The molecule has 8 heteroatoms. The lowest BCUT2D eigenvalue weighted by molar-refractivity contribution is -0.116. The number of anilines is 1. The second kappa shape index (κ2) is 7.67. The first-order chi connectivity index (χ1) is 11.6. The van der Waals surface area contributed by atoms with Crippen molar-refractivity contribution in [3.8, 4) is 10.7 Å². The van der Waals surface area contributed by atoms with Gasteiger partial charge in [0.15, 0.2) is 5.13 Å². The maximum absolute atomic E-state index is 12.0. The summed E-state index contributed by atoms with van der Waals surface area (Å²) in [7, 11) is 0. The predicted octanol–water partition coefficient (Wildman–Crippen LogP) is 4.34. The second-order valence-corrected chi connectivity index (χ2v) is 7.43. The third-order valence-electron chi connectivity index (χ3n) is 3.36. The Morgan fingerprint density at radius 3 is 2.92 bits per heavy atom. The lowest BCUT2D eigenvalue weighted by Crippen LogP contribution is -2.11. The summed E-state index contributed by atoms with van der Waals surface area (Å²) < 4.78 is 5.22. The summed E-state index contributed by atoms with van der Waals surface area (Å²) >= 11 is 3.02. The minimum absolute atomic E-state index is 0.0438. The quantitative estimate of drug-likeness (QED) is 0.676. The van der Waals surface area contributed by atoms with E-state index in [9.17, 15) is 4.79 Å². The predicted molar refractivity (Wildman–Crippen MR) is 95.4 cm³/mol. The first-order valence-electron chi connectivity index (χ1n) is 7.73. The molecule has 0 atom stereocenters. The molecule has 0 aliphatic heterocycles. The van der Waals surface area contributed by atoms with Crippen LogP contribution in [0.5, 0.6) is 0 Å². The van der Waals surface area contributed by atoms with E-state index < -0.39 is 0 Å². The van der Waals surface area contributed by atoms with Gasteiger partial charge in [-0.2, -0.15) is 4.98 Å². The number of rotatable bonds is 7. The number of thiophene rings is 1. The zero-order chi connectivity index (χ0) is 16.9. The van der Waals surface area contributed by atoms with Crippen LogP contribution in [0.25, 0.3) is 10.7 Å². The number of carbonyl (C=O) groups excluding carboxylic acids is 1. The van der Waals surface area contributed by atoms with Crippen molar-refractivity contribution in [3.63, 3.8) is 0 Å². The van der Waals surface area contributed by atoms with Crippen molar-refractivity contribution >= 4 is 33.7 Å². The van der Waals surface area contributed by atoms with Gasteiger partial charge in [0, 0.05) is 18.2 Å². The molecule has 0 aliphatic rings. The van der Waals surface area contributed by atoms with Crippen molar-refractivity contribution in [1.82, 2.24) is 15.1 Å². The molecule has 24 heavy (non-hydrogen) atoms. The summed E-state index contributed by atoms with van der Waals surface area (Å²) in [6.45, 7) is 4.16. The van der Waals surface area contributed by atoms with Gasteiger partial charge >= 0.3 is 0 Å². The average molecular weight is 362 g/mol. The van der Waals surface area contributed by atoms with Gasteiger partial charge in [-0.1, -0.05) is 25.1 Å². The first kappa shape index (κ1) is 16.8. The average Bonchev–Trinajstić information content (AvgIpc) is 3.28. The van der Waals surface area contributed by atoms with E-state index in [-0.39, 0.29) is 5.91 Å². The standard InChI is InChI=1S/C16H18N4O2S2/c1-10(2)11-9-24-16(17-11)18-13(21)6-3-7-14-19-15(20-22-14)12-5-4-8-23-12/h4-5,8-10H,3,6-7H2,1-2H3,(H,17,18,21). The van der Waals surface area contributed by atoms with E-state index in [1.165, 1.54) is 11.3 Å². The van der Waals surface area contributed by atoms with Crippen molar-refractivity contribution in [1.29, 1.82) is 0 Å². The highest BCUT2D eigenvalue weighted by molar-refractivity contribution is 7.14. The van der Waals surface area contributed by atoms with Crippen LogP contribution < -0.4 is 5.32 Å². The van der Waals surface area contributed by atoms with Crippen molar-refractivity contribution in [2.45, 2.75) is 39.0 Å². The molecule has 126 valence electrons. The molecule has 0 unspecified atom stereocenters. The zero-order valence-electron chi connectivity index (χ0n) is 13.5. The Bertz CT molecular complexity index is 793. The minimum atomic E-state index is -0.0438. The lowest BCUT2D eigenvalue weighted by Gasteiger charge is -2.01. The number of nitrogens with zero attached hydrogens (tertiary/aromatic N) is 3. The smallest absolute Gasteiger partial charge is 0.226 e. The van der Waals surface area contributed by atoms with Gasteiger partial charge < -0.3 is 9.84 Å². The van der Waals surface area contributed by atoms with Gasteiger partial charge in [-0.15, -0.1) is 22.7 Å². The van der Waals surface area contributed by atoms with E-state index in [1.54, 1.807) is 11.3 Å². The Morgan fingerprint density at radius 1 is 1.33 bits per heavy atom. The largest absolute Gasteiger partial charge is 0.339 e. The van der Waals surface area contributed by atoms with E-state index in [0.717, 1.165) is 10.6 Å². The van der Waals surface area contributed by atoms with Gasteiger partial charge in [-0.05, 0) is 23.8 Å². The highest BCUT2D eigenvalue weighted by Gasteiger charge is 2.11. The molecule has 0 radical (unpaired) electrons. The molecule has 1 amide bonds. The molecule has 3 rings (SSSR count). The Labute approximate surface area is 147 Å². The van der Waals surface area contributed by atoms with Gasteiger partial charge in [0.05, 0.1) is 10.6 Å². The fourth-order valence-electron chi connectivity index (χ4n) is 2.05. The van der Waals surface area contributed by atoms with E-state index in [4.69, 9.17) is 4.52 Å². The Hall–Kier alpha value is -2.06. The summed E-state index contributed by atoms with van der Waals surface area (Å²) in [5, 5.41) is 11.4.